The van der Waals surface area contributed by atoms with Gasteiger partial charge in [0.2, 0.25) is 5.91 Å². The van der Waals surface area contributed by atoms with Crippen LogP contribution in [-0.2, 0) is 4.79 Å². The number of benzene rings is 1. The highest BCUT2D eigenvalue weighted by Gasteiger charge is 2.37. The number of amides is 1. The summed E-state index contributed by atoms with van der Waals surface area (Å²) in [6, 6.07) is 5.79. The van der Waals surface area contributed by atoms with Gasteiger partial charge in [-0.25, -0.2) is 0 Å². The summed E-state index contributed by atoms with van der Waals surface area (Å²) in [5.74, 6) is 0.138. The molecule has 0 aromatic heterocycles. The zero-order valence-electron chi connectivity index (χ0n) is 10.9. The minimum absolute atomic E-state index is 0.138. The van der Waals surface area contributed by atoms with E-state index in [0.29, 0.717) is 0 Å². The Morgan fingerprint density at radius 3 is 2.63 bits per heavy atom. The fraction of sp³-hybridized carbons (Fsp3) is 0.500. The van der Waals surface area contributed by atoms with Gasteiger partial charge in [-0.05, 0) is 66.5 Å². The van der Waals surface area contributed by atoms with Gasteiger partial charge in [-0.15, -0.1) is 0 Å². The maximum Gasteiger partial charge on any atom is 0.230 e. The Balaban J connectivity index is 2.15. The molecule has 0 saturated carbocycles. The average Bonchev–Trinajstić information content (AvgIpc) is 2.42. The van der Waals surface area contributed by atoms with Gasteiger partial charge in [-0.1, -0.05) is 22.9 Å². The van der Waals surface area contributed by atoms with Crippen molar-refractivity contribution in [1.82, 2.24) is 5.32 Å². The zero-order chi connectivity index (χ0) is 13.9. The zero-order valence-corrected chi connectivity index (χ0v) is 14.1. The molecule has 0 spiro atoms. The lowest BCUT2D eigenvalue weighted by atomic mass is 9.76. The van der Waals surface area contributed by atoms with Crippen LogP contribution in [0.4, 0.5) is 5.69 Å². The normalized spacial score (nSPS) is 18.1. The average molecular weight is 390 g/mol. The van der Waals surface area contributed by atoms with Gasteiger partial charge < -0.3 is 10.6 Å². The Kier molecular flexibility index (Phi) is 5.03. The molecule has 1 saturated heterocycles. The van der Waals surface area contributed by atoms with Crippen molar-refractivity contribution in [3.63, 3.8) is 0 Å². The van der Waals surface area contributed by atoms with Crippen LogP contribution in [0.5, 0.6) is 0 Å². The van der Waals surface area contributed by atoms with Gasteiger partial charge in [0.15, 0.2) is 0 Å². The van der Waals surface area contributed by atoms with E-state index in [4.69, 9.17) is 0 Å². The Labute approximate surface area is 130 Å². The summed E-state index contributed by atoms with van der Waals surface area (Å²) in [7, 11) is 0. The lowest BCUT2D eigenvalue weighted by Crippen LogP contribution is -2.44. The molecule has 1 aliphatic heterocycles. The van der Waals surface area contributed by atoms with Crippen LogP contribution < -0.4 is 10.6 Å². The van der Waals surface area contributed by atoms with Gasteiger partial charge in [0.25, 0.3) is 0 Å². The fourth-order valence-corrected chi connectivity index (χ4v) is 3.64. The Bertz CT molecular complexity index is 471. The summed E-state index contributed by atoms with van der Waals surface area (Å²) in [5.41, 5.74) is 0.608. The van der Waals surface area contributed by atoms with Crippen molar-refractivity contribution in [2.45, 2.75) is 26.2 Å². The highest BCUT2D eigenvalue weighted by molar-refractivity contribution is 9.11. The topological polar surface area (TPSA) is 41.1 Å². The van der Waals surface area contributed by atoms with Gasteiger partial charge in [0, 0.05) is 8.95 Å². The van der Waals surface area contributed by atoms with Crippen molar-refractivity contribution in [3.05, 3.63) is 27.1 Å². The summed E-state index contributed by atoms with van der Waals surface area (Å²) >= 11 is 6.89. The van der Waals surface area contributed by atoms with E-state index in [0.717, 1.165) is 47.0 Å². The lowest BCUT2D eigenvalue weighted by Gasteiger charge is -2.35. The van der Waals surface area contributed by atoms with Crippen molar-refractivity contribution in [1.29, 1.82) is 0 Å². The number of hydrogen-bond donors (Lipinski definition) is 2. The molecule has 1 amide bonds. The number of nitrogens with one attached hydrogen (secondary N) is 2. The standard InChI is InChI=1S/C14H18Br2N2O/c1-2-14(5-7-17-8-6-14)13(19)18-12-4-3-10(15)9-11(12)16/h3-4,9,17H,2,5-8H2,1H3,(H,18,19). The van der Waals surface area contributed by atoms with Crippen molar-refractivity contribution in [2.24, 2.45) is 5.41 Å². The Morgan fingerprint density at radius 2 is 2.05 bits per heavy atom. The maximum atomic E-state index is 12.6. The molecule has 0 bridgehead atoms. The highest BCUT2D eigenvalue weighted by atomic mass is 79.9. The Morgan fingerprint density at radius 1 is 1.37 bits per heavy atom. The van der Waals surface area contributed by atoms with E-state index in [1.807, 2.05) is 18.2 Å². The second kappa shape index (κ2) is 6.37. The predicted molar refractivity (Wildman–Crippen MR) is 85.3 cm³/mol. The van der Waals surface area contributed by atoms with Crippen LogP contribution in [0.25, 0.3) is 0 Å². The summed E-state index contributed by atoms with van der Waals surface area (Å²) in [6.45, 7) is 3.94. The third-order valence-corrected chi connectivity index (χ3v) is 5.05. The molecule has 19 heavy (non-hydrogen) atoms. The number of halogens is 2. The van der Waals surface area contributed by atoms with Gasteiger partial charge >= 0.3 is 0 Å². The summed E-state index contributed by atoms with van der Waals surface area (Å²) in [5, 5.41) is 6.38. The van der Waals surface area contributed by atoms with E-state index < -0.39 is 0 Å². The molecule has 3 nitrogen and oxygen atoms in total. The third-order valence-electron chi connectivity index (χ3n) is 3.90. The number of anilines is 1. The summed E-state index contributed by atoms with van der Waals surface area (Å²) < 4.78 is 1.89. The lowest BCUT2D eigenvalue weighted by molar-refractivity contribution is -0.127. The highest BCUT2D eigenvalue weighted by Crippen LogP contribution is 2.35. The minimum atomic E-state index is -0.224. The van der Waals surface area contributed by atoms with E-state index in [2.05, 4.69) is 49.4 Å². The number of carbonyl (C=O) groups excluding carboxylic acids is 1. The van der Waals surface area contributed by atoms with Gasteiger partial charge in [0.05, 0.1) is 11.1 Å². The van der Waals surface area contributed by atoms with Crippen LogP contribution in [0.2, 0.25) is 0 Å². The van der Waals surface area contributed by atoms with Crippen molar-refractivity contribution < 1.29 is 4.79 Å². The molecule has 104 valence electrons. The first kappa shape index (κ1) is 15.0. The molecular formula is C14H18Br2N2O. The second-order valence-corrected chi connectivity index (χ2v) is 6.73. The van der Waals surface area contributed by atoms with E-state index >= 15 is 0 Å². The first-order valence-corrected chi connectivity index (χ1v) is 8.13. The molecule has 1 heterocycles. The van der Waals surface area contributed by atoms with Gasteiger partial charge in [-0.2, -0.15) is 0 Å². The molecule has 0 aliphatic carbocycles. The Hall–Kier alpha value is -0.390. The first-order chi connectivity index (χ1) is 9.07. The quantitative estimate of drug-likeness (QED) is 0.822. The molecule has 1 aliphatic rings. The number of rotatable bonds is 3. The molecule has 2 N–H and O–H groups in total. The minimum Gasteiger partial charge on any atom is -0.325 e. The van der Waals surface area contributed by atoms with Crippen LogP contribution in [0.15, 0.2) is 27.1 Å². The summed E-state index contributed by atoms with van der Waals surface area (Å²) in [4.78, 5) is 12.6. The number of hydrogen-bond acceptors (Lipinski definition) is 2. The molecule has 0 radical (unpaired) electrons. The molecule has 1 fully saturated rings. The van der Waals surface area contributed by atoms with Gasteiger partial charge in [-0.3, -0.25) is 4.79 Å². The van der Waals surface area contributed by atoms with Crippen LogP contribution in [0, 0.1) is 5.41 Å². The predicted octanol–water partition coefficient (Wildman–Crippen LogP) is 3.93. The SMILES string of the molecule is CCC1(C(=O)Nc2ccc(Br)cc2Br)CCNCC1. The summed E-state index contributed by atoms with van der Waals surface area (Å²) in [6.07, 6.45) is 2.70. The van der Waals surface area contributed by atoms with Gasteiger partial charge in [0.1, 0.15) is 0 Å². The van der Waals surface area contributed by atoms with E-state index in [1.54, 1.807) is 0 Å². The van der Waals surface area contributed by atoms with Crippen LogP contribution in [-0.4, -0.2) is 19.0 Å². The van der Waals surface area contributed by atoms with E-state index in [9.17, 15) is 4.79 Å². The molecule has 0 unspecified atom stereocenters. The molecular weight excluding hydrogens is 372 g/mol. The van der Waals surface area contributed by atoms with Crippen LogP contribution in [0.3, 0.4) is 0 Å². The largest absolute Gasteiger partial charge is 0.325 e. The number of carbonyl (C=O) groups is 1. The van der Waals surface area contributed by atoms with Crippen molar-refractivity contribution in [2.75, 3.05) is 18.4 Å². The van der Waals surface area contributed by atoms with E-state index in [1.165, 1.54) is 0 Å². The molecule has 2 rings (SSSR count). The van der Waals surface area contributed by atoms with E-state index in [-0.39, 0.29) is 11.3 Å². The number of piperidine rings is 1. The third kappa shape index (κ3) is 3.38. The van der Waals surface area contributed by atoms with Crippen LogP contribution >= 0.6 is 31.9 Å². The molecule has 5 heteroatoms. The maximum absolute atomic E-state index is 12.6. The smallest absolute Gasteiger partial charge is 0.230 e. The first-order valence-electron chi connectivity index (χ1n) is 6.54. The van der Waals surface area contributed by atoms with Crippen molar-refractivity contribution >= 4 is 43.5 Å². The fourth-order valence-electron chi connectivity index (χ4n) is 2.49. The van der Waals surface area contributed by atoms with Crippen molar-refractivity contribution in [3.8, 4) is 0 Å². The van der Waals surface area contributed by atoms with Crippen LogP contribution in [0.1, 0.15) is 26.2 Å². The molecule has 1 aromatic rings. The molecule has 0 atom stereocenters. The monoisotopic (exact) mass is 388 g/mol. The molecule has 1 aromatic carbocycles. The second-order valence-electron chi connectivity index (χ2n) is 4.96.